The highest BCUT2D eigenvalue weighted by Crippen LogP contribution is 2.14. The first-order valence-electron chi connectivity index (χ1n) is 5.58. The summed E-state index contributed by atoms with van der Waals surface area (Å²) in [5.74, 6) is -0.0394. The summed E-state index contributed by atoms with van der Waals surface area (Å²) in [4.78, 5) is 12.0. The van der Waals surface area contributed by atoms with Crippen molar-refractivity contribution in [3.63, 3.8) is 0 Å². The van der Waals surface area contributed by atoms with E-state index in [2.05, 4.69) is 10.6 Å². The summed E-state index contributed by atoms with van der Waals surface area (Å²) in [6.45, 7) is 4.56. The van der Waals surface area contributed by atoms with E-state index in [1.54, 1.807) is 12.3 Å². The quantitative estimate of drug-likeness (QED) is 0.837. The highest BCUT2D eigenvalue weighted by molar-refractivity contribution is 6.31. The van der Waals surface area contributed by atoms with Crippen LogP contribution in [-0.4, -0.2) is 29.6 Å². The molecule has 1 aromatic heterocycles. The molecule has 1 aromatic rings. The Kier molecular flexibility index (Phi) is 3.51. The van der Waals surface area contributed by atoms with E-state index in [1.807, 2.05) is 11.5 Å². The molecule has 0 aliphatic carbocycles. The minimum atomic E-state index is -0.0394. The number of hydrogen-bond donors (Lipinski definition) is 2. The Balaban J connectivity index is 2.07. The van der Waals surface area contributed by atoms with Crippen molar-refractivity contribution in [2.45, 2.75) is 25.9 Å². The largest absolute Gasteiger partial charge is 0.347 e. The van der Waals surface area contributed by atoms with Gasteiger partial charge in [0, 0.05) is 25.3 Å². The molecule has 16 heavy (non-hydrogen) atoms. The van der Waals surface area contributed by atoms with Gasteiger partial charge in [-0.15, -0.1) is 0 Å². The molecule has 1 aliphatic rings. The smallest absolute Gasteiger partial charge is 0.268 e. The van der Waals surface area contributed by atoms with Crippen molar-refractivity contribution < 1.29 is 4.79 Å². The number of hydrogen-bond acceptors (Lipinski definition) is 2. The molecule has 1 atom stereocenters. The predicted octanol–water partition coefficient (Wildman–Crippen LogP) is 1.25. The van der Waals surface area contributed by atoms with E-state index in [1.165, 1.54) is 0 Å². The van der Waals surface area contributed by atoms with Gasteiger partial charge < -0.3 is 15.2 Å². The summed E-state index contributed by atoms with van der Waals surface area (Å²) in [6, 6.07) is 1.95. The van der Waals surface area contributed by atoms with Gasteiger partial charge >= 0.3 is 0 Å². The standard InChI is InChI=1S/C11H16ClN3O/c1-2-15-7-8(12)5-10(15)11(16)14-9-3-4-13-6-9/h5,7,9,13H,2-4,6H2,1H3,(H,14,16). The zero-order valence-corrected chi connectivity index (χ0v) is 10.0. The van der Waals surface area contributed by atoms with E-state index in [0.717, 1.165) is 26.1 Å². The fraction of sp³-hybridized carbons (Fsp3) is 0.545. The van der Waals surface area contributed by atoms with Crippen LogP contribution in [0.5, 0.6) is 0 Å². The van der Waals surface area contributed by atoms with Crippen LogP contribution < -0.4 is 10.6 Å². The van der Waals surface area contributed by atoms with E-state index in [9.17, 15) is 4.79 Å². The Labute approximate surface area is 100.0 Å². The molecule has 5 heteroatoms. The lowest BCUT2D eigenvalue weighted by atomic mass is 10.2. The number of halogens is 1. The number of nitrogens with zero attached hydrogens (tertiary/aromatic N) is 1. The maximum atomic E-state index is 12.0. The van der Waals surface area contributed by atoms with Crippen LogP contribution in [0.15, 0.2) is 12.3 Å². The number of aryl methyl sites for hydroxylation is 1. The summed E-state index contributed by atoms with van der Waals surface area (Å²) in [5, 5.41) is 6.83. The van der Waals surface area contributed by atoms with E-state index < -0.39 is 0 Å². The van der Waals surface area contributed by atoms with Crippen molar-refractivity contribution in [1.82, 2.24) is 15.2 Å². The van der Waals surface area contributed by atoms with Gasteiger partial charge in [0.05, 0.1) is 5.02 Å². The number of nitrogens with one attached hydrogen (secondary N) is 2. The second-order valence-corrected chi connectivity index (χ2v) is 4.43. The first-order chi connectivity index (χ1) is 7.70. The van der Waals surface area contributed by atoms with E-state index in [0.29, 0.717) is 10.7 Å². The third kappa shape index (κ3) is 2.39. The average molecular weight is 242 g/mol. The number of amides is 1. The number of rotatable bonds is 3. The summed E-state index contributed by atoms with van der Waals surface area (Å²) in [6.07, 6.45) is 2.77. The highest BCUT2D eigenvalue weighted by atomic mass is 35.5. The minimum Gasteiger partial charge on any atom is -0.347 e. The van der Waals surface area contributed by atoms with Crippen LogP contribution in [0.25, 0.3) is 0 Å². The second kappa shape index (κ2) is 4.89. The molecular formula is C11H16ClN3O. The van der Waals surface area contributed by atoms with Gasteiger partial charge in [-0.05, 0) is 26.0 Å². The lowest BCUT2D eigenvalue weighted by molar-refractivity contribution is 0.0931. The van der Waals surface area contributed by atoms with Crippen LogP contribution >= 0.6 is 11.6 Å². The average Bonchev–Trinajstić information content (AvgIpc) is 2.86. The van der Waals surface area contributed by atoms with Crippen LogP contribution in [0, 0.1) is 0 Å². The Bertz CT molecular complexity index is 383. The molecule has 1 fully saturated rings. The molecule has 1 saturated heterocycles. The number of carbonyl (C=O) groups excluding carboxylic acids is 1. The van der Waals surface area contributed by atoms with Gasteiger partial charge in [0.15, 0.2) is 0 Å². The first kappa shape index (κ1) is 11.5. The normalized spacial score (nSPS) is 20.0. The van der Waals surface area contributed by atoms with Gasteiger partial charge in [-0.3, -0.25) is 4.79 Å². The van der Waals surface area contributed by atoms with E-state index in [4.69, 9.17) is 11.6 Å². The molecule has 2 heterocycles. The van der Waals surface area contributed by atoms with Gasteiger partial charge in [0.25, 0.3) is 5.91 Å². The van der Waals surface area contributed by atoms with Crippen LogP contribution in [0.3, 0.4) is 0 Å². The fourth-order valence-electron chi connectivity index (χ4n) is 1.96. The summed E-state index contributed by atoms with van der Waals surface area (Å²) < 4.78 is 1.86. The zero-order chi connectivity index (χ0) is 11.5. The maximum Gasteiger partial charge on any atom is 0.268 e. The van der Waals surface area contributed by atoms with Crippen molar-refractivity contribution in [1.29, 1.82) is 0 Å². The summed E-state index contributed by atoms with van der Waals surface area (Å²) in [5.41, 5.74) is 0.638. The zero-order valence-electron chi connectivity index (χ0n) is 9.29. The second-order valence-electron chi connectivity index (χ2n) is 3.99. The Morgan fingerprint density at radius 3 is 3.19 bits per heavy atom. The highest BCUT2D eigenvalue weighted by Gasteiger charge is 2.19. The molecule has 2 N–H and O–H groups in total. The molecule has 2 rings (SSSR count). The van der Waals surface area contributed by atoms with Gasteiger partial charge in [-0.1, -0.05) is 11.6 Å². The van der Waals surface area contributed by atoms with Crippen molar-refractivity contribution >= 4 is 17.5 Å². The van der Waals surface area contributed by atoms with Crippen molar-refractivity contribution in [2.75, 3.05) is 13.1 Å². The molecular weight excluding hydrogens is 226 g/mol. The summed E-state index contributed by atoms with van der Waals surface area (Å²) >= 11 is 5.89. The molecule has 1 aliphatic heterocycles. The van der Waals surface area contributed by atoms with Crippen LogP contribution in [0.1, 0.15) is 23.8 Å². The van der Waals surface area contributed by atoms with E-state index in [-0.39, 0.29) is 11.9 Å². The number of aromatic nitrogens is 1. The summed E-state index contributed by atoms with van der Waals surface area (Å²) in [7, 11) is 0. The lowest BCUT2D eigenvalue weighted by Gasteiger charge is -2.12. The number of carbonyl (C=O) groups is 1. The molecule has 1 amide bonds. The Morgan fingerprint density at radius 2 is 2.56 bits per heavy atom. The molecule has 0 saturated carbocycles. The van der Waals surface area contributed by atoms with Crippen molar-refractivity contribution in [3.05, 3.63) is 23.0 Å². The monoisotopic (exact) mass is 241 g/mol. The molecule has 0 aromatic carbocycles. The van der Waals surface area contributed by atoms with Gasteiger partial charge in [-0.25, -0.2) is 0 Å². The Morgan fingerprint density at radius 1 is 1.75 bits per heavy atom. The van der Waals surface area contributed by atoms with Crippen molar-refractivity contribution in [2.24, 2.45) is 0 Å². The minimum absolute atomic E-state index is 0.0394. The molecule has 0 radical (unpaired) electrons. The Hall–Kier alpha value is -1.00. The maximum absolute atomic E-state index is 12.0. The predicted molar refractivity (Wildman–Crippen MR) is 63.9 cm³/mol. The topological polar surface area (TPSA) is 46.1 Å². The van der Waals surface area contributed by atoms with Gasteiger partial charge in [0.2, 0.25) is 0 Å². The molecule has 0 spiro atoms. The van der Waals surface area contributed by atoms with Gasteiger partial charge in [0.1, 0.15) is 5.69 Å². The molecule has 1 unspecified atom stereocenters. The third-order valence-corrected chi connectivity index (χ3v) is 3.04. The van der Waals surface area contributed by atoms with Crippen LogP contribution in [0.2, 0.25) is 5.02 Å². The van der Waals surface area contributed by atoms with Gasteiger partial charge in [-0.2, -0.15) is 0 Å². The van der Waals surface area contributed by atoms with Crippen LogP contribution in [-0.2, 0) is 6.54 Å². The fourth-order valence-corrected chi connectivity index (χ4v) is 2.19. The molecule has 88 valence electrons. The van der Waals surface area contributed by atoms with E-state index >= 15 is 0 Å². The SMILES string of the molecule is CCn1cc(Cl)cc1C(=O)NC1CCNC1. The third-order valence-electron chi connectivity index (χ3n) is 2.83. The first-order valence-corrected chi connectivity index (χ1v) is 5.95. The molecule has 0 bridgehead atoms. The van der Waals surface area contributed by atoms with Crippen LogP contribution in [0.4, 0.5) is 0 Å². The van der Waals surface area contributed by atoms with Crippen molar-refractivity contribution in [3.8, 4) is 0 Å². The molecule has 4 nitrogen and oxygen atoms in total. The lowest BCUT2D eigenvalue weighted by Crippen LogP contribution is -2.37.